The summed E-state index contributed by atoms with van der Waals surface area (Å²) in [5.74, 6) is 1.01. The maximum Gasteiger partial charge on any atom is 0.121 e. The minimum absolute atomic E-state index is 0.248. The standard InChI is InChI=1S/C16H17NOS/c1-2-17-14(15-7-5-9-18-15)10-12-11-19-16-8-4-3-6-13(12)16/h3-9,11,14,17H,2,10H2,1H3. The lowest BCUT2D eigenvalue weighted by Gasteiger charge is -2.15. The fraction of sp³-hybridized carbons (Fsp3) is 0.250. The third-order valence-corrected chi connectivity index (χ3v) is 4.33. The average Bonchev–Trinajstić information content (AvgIpc) is 3.08. The molecule has 1 atom stereocenters. The molecule has 2 nitrogen and oxygen atoms in total. The van der Waals surface area contributed by atoms with Crippen LogP contribution < -0.4 is 5.32 Å². The van der Waals surface area contributed by atoms with Crippen molar-refractivity contribution in [2.45, 2.75) is 19.4 Å². The first-order valence-electron chi connectivity index (χ1n) is 6.60. The van der Waals surface area contributed by atoms with Gasteiger partial charge in [-0.2, -0.15) is 0 Å². The van der Waals surface area contributed by atoms with E-state index < -0.39 is 0 Å². The number of hydrogen-bond acceptors (Lipinski definition) is 3. The highest BCUT2D eigenvalue weighted by Crippen LogP contribution is 2.29. The Balaban J connectivity index is 1.89. The SMILES string of the molecule is CCNC(Cc1csc2ccccc12)c1ccco1. The number of benzene rings is 1. The molecule has 0 fully saturated rings. The lowest BCUT2D eigenvalue weighted by molar-refractivity contribution is 0.417. The van der Waals surface area contributed by atoms with E-state index in [0.29, 0.717) is 0 Å². The highest BCUT2D eigenvalue weighted by atomic mass is 32.1. The van der Waals surface area contributed by atoms with E-state index in [0.717, 1.165) is 18.7 Å². The van der Waals surface area contributed by atoms with E-state index in [4.69, 9.17) is 4.42 Å². The van der Waals surface area contributed by atoms with Gasteiger partial charge in [-0.1, -0.05) is 25.1 Å². The van der Waals surface area contributed by atoms with E-state index in [-0.39, 0.29) is 6.04 Å². The Hall–Kier alpha value is -1.58. The van der Waals surface area contributed by atoms with Crippen molar-refractivity contribution in [2.75, 3.05) is 6.54 Å². The number of thiophene rings is 1. The summed E-state index contributed by atoms with van der Waals surface area (Å²) in [6.07, 6.45) is 2.71. The zero-order valence-corrected chi connectivity index (χ0v) is 11.7. The molecule has 0 spiro atoms. The molecule has 1 aromatic carbocycles. The number of hydrogen-bond donors (Lipinski definition) is 1. The molecule has 0 amide bonds. The lowest BCUT2D eigenvalue weighted by atomic mass is 10.0. The van der Waals surface area contributed by atoms with Crippen LogP contribution in [0.2, 0.25) is 0 Å². The molecule has 3 aromatic rings. The molecule has 0 saturated carbocycles. The van der Waals surface area contributed by atoms with E-state index >= 15 is 0 Å². The molecule has 3 rings (SSSR count). The fourth-order valence-electron chi connectivity index (χ4n) is 2.42. The maximum atomic E-state index is 5.55. The van der Waals surface area contributed by atoms with Crippen LogP contribution in [0.5, 0.6) is 0 Å². The molecule has 0 bridgehead atoms. The van der Waals surface area contributed by atoms with Crippen molar-refractivity contribution in [1.82, 2.24) is 5.32 Å². The van der Waals surface area contributed by atoms with E-state index in [1.165, 1.54) is 15.6 Å². The second-order valence-electron chi connectivity index (χ2n) is 4.59. The van der Waals surface area contributed by atoms with Crippen LogP contribution in [0.1, 0.15) is 24.3 Å². The highest BCUT2D eigenvalue weighted by Gasteiger charge is 2.15. The summed E-state index contributed by atoms with van der Waals surface area (Å²) in [5, 5.41) is 7.12. The molecule has 0 aliphatic rings. The minimum Gasteiger partial charge on any atom is -0.468 e. The van der Waals surface area contributed by atoms with Gasteiger partial charge in [0.25, 0.3) is 0 Å². The van der Waals surface area contributed by atoms with Crippen molar-refractivity contribution >= 4 is 21.4 Å². The number of rotatable bonds is 5. The van der Waals surface area contributed by atoms with E-state index in [9.17, 15) is 0 Å². The summed E-state index contributed by atoms with van der Waals surface area (Å²) < 4.78 is 6.90. The first kappa shape index (κ1) is 12.5. The van der Waals surface area contributed by atoms with Crippen molar-refractivity contribution < 1.29 is 4.42 Å². The predicted octanol–water partition coefficient (Wildman–Crippen LogP) is 4.39. The van der Waals surface area contributed by atoms with Crippen LogP contribution in [0.25, 0.3) is 10.1 Å². The first-order chi connectivity index (χ1) is 9.38. The van der Waals surface area contributed by atoms with Gasteiger partial charge in [-0.05, 0) is 47.5 Å². The summed E-state index contributed by atoms with van der Waals surface area (Å²) in [7, 11) is 0. The van der Waals surface area contributed by atoms with Gasteiger partial charge in [0.15, 0.2) is 0 Å². The van der Waals surface area contributed by atoms with Crippen molar-refractivity contribution in [2.24, 2.45) is 0 Å². The van der Waals surface area contributed by atoms with Crippen LogP contribution in [0, 0.1) is 0 Å². The van der Waals surface area contributed by atoms with Crippen molar-refractivity contribution in [1.29, 1.82) is 0 Å². The quantitative estimate of drug-likeness (QED) is 0.744. The third kappa shape index (κ3) is 2.57. The van der Waals surface area contributed by atoms with Crippen LogP contribution in [-0.2, 0) is 6.42 Å². The van der Waals surface area contributed by atoms with Crippen LogP contribution in [0.3, 0.4) is 0 Å². The second kappa shape index (κ2) is 5.59. The summed E-state index contributed by atoms with van der Waals surface area (Å²) in [5.41, 5.74) is 1.39. The Morgan fingerprint density at radius 1 is 1.21 bits per heavy atom. The van der Waals surface area contributed by atoms with Gasteiger partial charge in [0.05, 0.1) is 12.3 Å². The van der Waals surface area contributed by atoms with Crippen LogP contribution in [0.4, 0.5) is 0 Å². The van der Waals surface area contributed by atoms with Gasteiger partial charge >= 0.3 is 0 Å². The van der Waals surface area contributed by atoms with Crippen LogP contribution >= 0.6 is 11.3 Å². The van der Waals surface area contributed by atoms with Gasteiger partial charge in [0, 0.05) is 4.70 Å². The number of likely N-dealkylation sites (N-methyl/N-ethyl adjacent to an activating group) is 1. The largest absolute Gasteiger partial charge is 0.468 e. The summed E-state index contributed by atoms with van der Waals surface area (Å²) in [6.45, 7) is 3.06. The Morgan fingerprint density at radius 3 is 2.89 bits per heavy atom. The lowest BCUT2D eigenvalue weighted by Crippen LogP contribution is -2.22. The molecular weight excluding hydrogens is 254 g/mol. The molecule has 2 heterocycles. The fourth-order valence-corrected chi connectivity index (χ4v) is 3.40. The molecule has 3 heteroatoms. The Kier molecular flexibility index (Phi) is 3.67. The molecule has 0 saturated heterocycles. The van der Waals surface area contributed by atoms with Crippen molar-refractivity contribution in [3.8, 4) is 0 Å². The van der Waals surface area contributed by atoms with E-state index in [1.54, 1.807) is 6.26 Å². The molecule has 2 aromatic heterocycles. The van der Waals surface area contributed by atoms with Crippen molar-refractivity contribution in [3.63, 3.8) is 0 Å². The summed E-state index contributed by atoms with van der Waals surface area (Å²) >= 11 is 1.81. The predicted molar refractivity (Wildman–Crippen MR) is 80.7 cm³/mol. The smallest absolute Gasteiger partial charge is 0.121 e. The first-order valence-corrected chi connectivity index (χ1v) is 7.48. The van der Waals surface area contributed by atoms with Gasteiger partial charge in [-0.15, -0.1) is 11.3 Å². The monoisotopic (exact) mass is 271 g/mol. The minimum atomic E-state index is 0.248. The maximum absolute atomic E-state index is 5.55. The van der Waals surface area contributed by atoms with Gasteiger partial charge in [-0.3, -0.25) is 0 Å². The summed E-state index contributed by atoms with van der Waals surface area (Å²) in [4.78, 5) is 0. The molecule has 0 radical (unpaired) electrons. The zero-order valence-electron chi connectivity index (χ0n) is 10.9. The van der Waals surface area contributed by atoms with Gasteiger partial charge in [0.1, 0.15) is 5.76 Å². The molecule has 1 unspecified atom stereocenters. The molecule has 19 heavy (non-hydrogen) atoms. The van der Waals surface area contributed by atoms with Gasteiger partial charge in [0.2, 0.25) is 0 Å². The molecule has 0 aliphatic carbocycles. The van der Waals surface area contributed by atoms with Crippen LogP contribution in [0.15, 0.2) is 52.5 Å². The molecule has 1 N–H and O–H groups in total. The average molecular weight is 271 g/mol. The normalized spacial score (nSPS) is 12.9. The van der Waals surface area contributed by atoms with Crippen molar-refractivity contribution in [3.05, 3.63) is 59.4 Å². The molecular formula is C16H17NOS. The number of nitrogens with one attached hydrogen (secondary N) is 1. The zero-order chi connectivity index (χ0) is 13.1. The Bertz CT molecular complexity index is 642. The van der Waals surface area contributed by atoms with Gasteiger partial charge < -0.3 is 9.73 Å². The molecule has 98 valence electrons. The topological polar surface area (TPSA) is 25.2 Å². The Morgan fingerprint density at radius 2 is 2.11 bits per heavy atom. The third-order valence-electron chi connectivity index (χ3n) is 3.32. The van der Waals surface area contributed by atoms with E-state index in [1.807, 2.05) is 23.5 Å². The van der Waals surface area contributed by atoms with E-state index in [2.05, 4.69) is 41.9 Å². The van der Waals surface area contributed by atoms with Gasteiger partial charge in [-0.25, -0.2) is 0 Å². The molecule has 0 aliphatic heterocycles. The Labute approximate surface area is 117 Å². The van der Waals surface area contributed by atoms with Crippen LogP contribution in [-0.4, -0.2) is 6.54 Å². The highest BCUT2D eigenvalue weighted by molar-refractivity contribution is 7.17. The summed E-state index contributed by atoms with van der Waals surface area (Å²) in [6, 6.07) is 12.8. The number of furan rings is 1. The second-order valence-corrected chi connectivity index (χ2v) is 5.50. The number of fused-ring (bicyclic) bond motifs is 1.